The number of hydrogen-bond donors (Lipinski definition) is 1. The zero-order valence-corrected chi connectivity index (χ0v) is 27.6. The van der Waals surface area contributed by atoms with Crippen molar-refractivity contribution in [2.24, 2.45) is 0 Å². The molecule has 0 aliphatic rings. The van der Waals surface area contributed by atoms with Crippen LogP contribution in [0, 0.1) is 6.92 Å². The van der Waals surface area contributed by atoms with Crippen molar-refractivity contribution in [2.75, 3.05) is 17.9 Å². The Labute approximate surface area is 277 Å². The molecule has 0 radical (unpaired) electrons. The third-order valence-electron chi connectivity index (χ3n) is 6.95. The maximum absolute atomic E-state index is 14.4. The number of nitrogens with one attached hydrogen (secondary N) is 1. The Morgan fingerprint density at radius 3 is 2.11 bits per heavy atom. The molecule has 0 saturated heterocycles. The molecule has 0 aliphatic carbocycles. The first-order valence-corrected chi connectivity index (χ1v) is 16.4. The van der Waals surface area contributed by atoms with Gasteiger partial charge in [0.15, 0.2) is 0 Å². The van der Waals surface area contributed by atoms with E-state index >= 15 is 0 Å². The second kappa shape index (κ2) is 14.7. The van der Waals surface area contributed by atoms with Gasteiger partial charge in [0.2, 0.25) is 11.8 Å². The average Bonchev–Trinajstić information content (AvgIpc) is 3.00. The van der Waals surface area contributed by atoms with Gasteiger partial charge in [-0.15, -0.1) is 0 Å². The van der Waals surface area contributed by atoms with Crippen molar-refractivity contribution >= 4 is 73.9 Å². The number of carbonyl (C=O) groups excluding carboxylic acids is 2. The molecule has 4 aromatic rings. The minimum atomic E-state index is -4.29. The van der Waals surface area contributed by atoms with Crippen molar-refractivity contribution in [3.63, 3.8) is 0 Å². The molecule has 1 unspecified atom stereocenters. The number of nitrogens with zero attached hydrogens (tertiary/aromatic N) is 2. The normalized spacial score (nSPS) is 12.0. The Morgan fingerprint density at radius 2 is 1.50 bits per heavy atom. The van der Waals surface area contributed by atoms with Crippen molar-refractivity contribution in [1.82, 2.24) is 10.2 Å². The average molecular weight is 693 g/mol. The van der Waals surface area contributed by atoms with Crippen LogP contribution in [0.5, 0.6) is 0 Å². The van der Waals surface area contributed by atoms with Crippen molar-refractivity contribution in [3.05, 3.63) is 128 Å². The fraction of sp³-hybridized carbons (Fsp3) is 0.188. The van der Waals surface area contributed by atoms with Crippen LogP contribution in [-0.4, -0.2) is 44.8 Å². The van der Waals surface area contributed by atoms with Crippen LogP contribution in [0.25, 0.3) is 0 Å². The van der Waals surface area contributed by atoms with Gasteiger partial charge in [-0.25, -0.2) is 8.42 Å². The lowest BCUT2D eigenvalue weighted by Gasteiger charge is -2.34. The number of anilines is 1. The molecule has 0 fully saturated rings. The largest absolute Gasteiger partial charge is 0.357 e. The summed E-state index contributed by atoms with van der Waals surface area (Å²) in [6.45, 7) is 1.09. The molecule has 0 heterocycles. The summed E-state index contributed by atoms with van der Waals surface area (Å²) in [7, 11) is -2.81. The van der Waals surface area contributed by atoms with Crippen LogP contribution in [0.15, 0.2) is 95.9 Å². The molecule has 4 rings (SSSR count). The summed E-state index contributed by atoms with van der Waals surface area (Å²) in [5.41, 5.74) is 2.31. The molecule has 0 aliphatic heterocycles. The predicted molar refractivity (Wildman–Crippen MR) is 177 cm³/mol. The fourth-order valence-electron chi connectivity index (χ4n) is 4.56. The van der Waals surface area contributed by atoms with Crippen molar-refractivity contribution < 1.29 is 18.0 Å². The zero-order valence-electron chi connectivity index (χ0n) is 23.8. The number of likely N-dealkylation sites (N-methyl/N-ethyl adjacent to an activating group) is 1. The lowest BCUT2D eigenvalue weighted by atomic mass is 10.0. The van der Waals surface area contributed by atoms with Crippen molar-refractivity contribution in [1.29, 1.82) is 0 Å². The summed E-state index contributed by atoms with van der Waals surface area (Å²) in [4.78, 5) is 29.0. The van der Waals surface area contributed by atoms with E-state index in [1.807, 2.05) is 37.3 Å². The van der Waals surface area contributed by atoms with E-state index in [1.165, 1.54) is 48.3 Å². The van der Waals surface area contributed by atoms with Gasteiger partial charge in [-0.3, -0.25) is 13.9 Å². The van der Waals surface area contributed by atoms with Crippen LogP contribution >= 0.6 is 46.4 Å². The van der Waals surface area contributed by atoms with E-state index in [1.54, 1.807) is 24.3 Å². The van der Waals surface area contributed by atoms with Gasteiger partial charge in [-0.2, -0.15) is 0 Å². The van der Waals surface area contributed by atoms with Crippen molar-refractivity contribution in [3.8, 4) is 0 Å². The number of sulfonamides is 1. The molecule has 0 aromatic heterocycles. The highest BCUT2D eigenvalue weighted by Gasteiger charge is 2.34. The molecule has 44 heavy (non-hydrogen) atoms. The van der Waals surface area contributed by atoms with Gasteiger partial charge in [-0.05, 0) is 60.5 Å². The molecule has 7 nitrogen and oxygen atoms in total. The van der Waals surface area contributed by atoms with Gasteiger partial charge >= 0.3 is 0 Å². The zero-order chi connectivity index (χ0) is 32.0. The maximum Gasteiger partial charge on any atom is 0.264 e. The first-order chi connectivity index (χ1) is 20.9. The highest BCUT2D eigenvalue weighted by atomic mass is 35.5. The Kier molecular flexibility index (Phi) is 11.2. The lowest BCUT2D eigenvalue weighted by molar-refractivity contribution is -0.139. The molecule has 12 heteroatoms. The molecule has 0 bridgehead atoms. The quantitative estimate of drug-likeness (QED) is 0.180. The molecule has 1 N–H and O–H groups in total. The first-order valence-electron chi connectivity index (χ1n) is 13.4. The molecule has 4 aromatic carbocycles. The topological polar surface area (TPSA) is 86.8 Å². The molecule has 0 saturated carbocycles. The Hall–Kier alpha value is -3.27. The van der Waals surface area contributed by atoms with Crippen LogP contribution < -0.4 is 9.62 Å². The van der Waals surface area contributed by atoms with Gasteiger partial charge in [-0.1, -0.05) is 100 Å². The third kappa shape index (κ3) is 8.06. The fourth-order valence-corrected chi connectivity index (χ4v) is 6.73. The highest BCUT2D eigenvalue weighted by molar-refractivity contribution is 7.92. The minimum absolute atomic E-state index is 0.0265. The third-order valence-corrected chi connectivity index (χ3v) is 10.1. The smallest absolute Gasteiger partial charge is 0.264 e. The number of rotatable bonds is 11. The summed E-state index contributed by atoms with van der Waals surface area (Å²) >= 11 is 25.0. The molecule has 1 atom stereocenters. The molecule has 0 spiro atoms. The van der Waals surface area contributed by atoms with E-state index in [4.69, 9.17) is 46.4 Å². The van der Waals surface area contributed by atoms with Gasteiger partial charge in [0.25, 0.3) is 10.0 Å². The molecular weight excluding hydrogens is 664 g/mol. The summed E-state index contributed by atoms with van der Waals surface area (Å²) < 4.78 is 29.1. The van der Waals surface area contributed by atoms with Crippen LogP contribution in [0.2, 0.25) is 20.1 Å². The van der Waals surface area contributed by atoms with Gasteiger partial charge < -0.3 is 10.2 Å². The van der Waals surface area contributed by atoms with Gasteiger partial charge in [0.05, 0.1) is 20.6 Å². The summed E-state index contributed by atoms with van der Waals surface area (Å²) in [5.74, 6) is -1.09. The SMILES string of the molecule is CNC(=O)C(Cc1ccccc1)N(Cc1ccc(Cl)cc1Cl)C(=O)CN(c1ccc(Cl)c(Cl)c1)S(=O)(=O)c1ccc(C)cc1. The monoisotopic (exact) mass is 691 g/mol. The second-order valence-corrected chi connectivity index (χ2v) is 13.5. The molecular formula is C32H29Cl4N3O4S. The lowest BCUT2D eigenvalue weighted by Crippen LogP contribution is -2.53. The van der Waals surface area contributed by atoms with E-state index in [0.717, 1.165) is 15.4 Å². The van der Waals surface area contributed by atoms with Crippen LogP contribution in [0.1, 0.15) is 16.7 Å². The molecule has 230 valence electrons. The first kappa shape index (κ1) is 33.6. The standard InChI is InChI=1S/C32H29Cl4N3O4S/c1-21-8-13-26(14-9-21)44(42,43)39(25-12-15-27(34)29(36)18-25)20-31(40)38(19-23-10-11-24(33)17-28(23)35)30(32(41)37-2)16-22-6-4-3-5-7-22/h3-15,17-18,30H,16,19-20H2,1-2H3,(H,37,41). The number of benzene rings is 4. The summed E-state index contributed by atoms with van der Waals surface area (Å²) in [6, 6.07) is 23.6. The molecule has 2 amide bonds. The minimum Gasteiger partial charge on any atom is -0.357 e. The van der Waals surface area contributed by atoms with Crippen LogP contribution in [0.4, 0.5) is 5.69 Å². The van der Waals surface area contributed by atoms with Crippen LogP contribution in [0.3, 0.4) is 0 Å². The number of aryl methyl sites for hydroxylation is 1. The Bertz CT molecular complexity index is 1750. The van der Waals surface area contributed by atoms with Crippen molar-refractivity contribution in [2.45, 2.75) is 30.8 Å². The van der Waals surface area contributed by atoms with E-state index in [0.29, 0.717) is 15.6 Å². The number of hydrogen-bond acceptors (Lipinski definition) is 4. The summed E-state index contributed by atoms with van der Waals surface area (Å²) in [6.07, 6.45) is 0.162. The van der Waals surface area contributed by atoms with E-state index < -0.39 is 34.4 Å². The van der Waals surface area contributed by atoms with Gasteiger partial charge in [0.1, 0.15) is 12.6 Å². The maximum atomic E-state index is 14.4. The van der Waals surface area contributed by atoms with E-state index in [-0.39, 0.29) is 33.6 Å². The van der Waals surface area contributed by atoms with Gasteiger partial charge in [0, 0.05) is 30.1 Å². The highest BCUT2D eigenvalue weighted by Crippen LogP contribution is 2.31. The summed E-state index contributed by atoms with van der Waals surface area (Å²) in [5, 5.41) is 3.66. The Balaban J connectivity index is 1.82. The van der Waals surface area contributed by atoms with Crippen LogP contribution in [-0.2, 0) is 32.6 Å². The number of carbonyl (C=O) groups is 2. The van der Waals surface area contributed by atoms with E-state index in [9.17, 15) is 18.0 Å². The number of amides is 2. The van der Waals surface area contributed by atoms with E-state index in [2.05, 4.69) is 5.32 Å². The predicted octanol–water partition coefficient (Wildman–Crippen LogP) is 7.19. The second-order valence-electron chi connectivity index (χ2n) is 10.0. The Morgan fingerprint density at radius 1 is 0.818 bits per heavy atom. The number of halogens is 4.